The summed E-state index contributed by atoms with van der Waals surface area (Å²) in [5.41, 5.74) is 9.28. The third kappa shape index (κ3) is 3.53. The number of likely N-dealkylation sites (N-methyl/N-ethyl adjacent to an activating group) is 1. The van der Waals surface area contributed by atoms with Crippen molar-refractivity contribution in [3.8, 4) is 0 Å². The minimum Gasteiger partial charge on any atom is -0.389 e. The van der Waals surface area contributed by atoms with E-state index in [1.807, 2.05) is 6.07 Å². The molecule has 1 saturated heterocycles. The predicted octanol–water partition coefficient (Wildman–Crippen LogP) is 1.77. The highest BCUT2D eigenvalue weighted by atomic mass is 32.1. The zero-order chi connectivity index (χ0) is 14.0. The van der Waals surface area contributed by atoms with Crippen molar-refractivity contribution in [1.82, 2.24) is 9.80 Å². The Balaban J connectivity index is 2.02. The Morgan fingerprint density at radius 1 is 1.47 bits per heavy atom. The fourth-order valence-electron chi connectivity index (χ4n) is 2.64. The maximum absolute atomic E-state index is 5.66. The van der Waals surface area contributed by atoms with Gasteiger partial charge in [0.2, 0.25) is 0 Å². The molecule has 4 heteroatoms. The molecule has 1 fully saturated rings. The van der Waals surface area contributed by atoms with E-state index in [2.05, 4.69) is 43.0 Å². The van der Waals surface area contributed by atoms with Gasteiger partial charge in [0.1, 0.15) is 4.99 Å². The lowest BCUT2D eigenvalue weighted by Crippen LogP contribution is -2.31. The van der Waals surface area contributed by atoms with Gasteiger partial charge in [0.25, 0.3) is 0 Å². The lowest BCUT2D eigenvalue weighted by molar-refractivity contribution is 0.264. The molecule has 0 radical (unpaired) electrons. The third-order valence-electron chi connectivity index (χ3n) is 4.00. The summed E-state index contributed by atoms with van der Waals surface area (Å²) in [6.45, 7) is 5.49. The maximum Gasteiger partial charge on any atom is 0.103 e. The van der Waals surface area contributed by atoms with Gasteiger partial charge in [-0.2, -0.15) is 0 Å². The van der Waals surface area contributed by atoms with Crippen molar-refractivity contribution < 1.29 is 0 Å². The number of aryl methyl sites for hydroxylation is 1. The zero-order valence-corrected chi connectivity index (χ0v) is 12.8. The van der Waals surface area contributed by atoms with Gasteiger partial charge in [-0.25, -0.2) is 0 Å². The number of benzene rings is 1. The first-order valence-corrected chi connectivity index (χ1v) is 7.16. The first-order valence-electron chi connectivity index (χ1n) is 6.75. The summed E-state index contributed by atoms with van der Waals surface area (Å²) < 4.78 is 0. The Labute approximate surface area is 121 Å². The van der Waals surface area contributed by atoms with Crippen LogP contribution in [-0.2, 0) is 6.54 Å². The standard InChI is InChI=1S/C15H23N3S/c1-11-8-12(15(16)19)4-5-13(11)9-18-7-6-14(10-18)17(2)3/h4-5,8,14H,6-7,9-10H2,1-3H3,(H2,16,19). The normalized spacial score (nSPS) is 20.1. The lowest BCUT2D eigenvalue weighted by atomic mass is 10.0. The van der Waals surface area contributed by atoms with Crippen LogP contribution in [0.3, 0.4) is 0 Å². The molecule has 0 amide bonds. The van der Waals surface area contributed by atoms with Gasteiger partial charge < -0.3 is 10.6 Å². The Kier molecular flexibility index (Phi) is 4.55. The van der Waals surface area contributed by atoms with Crippen molar-refractivity contribution in [2.24, 2.45) is 5.73 Å². The number of rotatable bonds is 4. The van der Waals surface area contributed by atoms with Crippen molar-refractivity contribution in [1.29, 1.82) is 0 Å². The first kappa shape index (κ1) is 14.4. The van der Waals surface area contributed by atoms with Crippen LogP contribution in [0.5, 0.6) is 0 Å². The molecular formula is C15H23N3S. The molecule has 0 spiro atoms. The summed E-state index contributed by atoms with van der Waals surface area (Å²) in [5, 5.41) is 0. The molecule has 19 heavy (non-hydrogen) atoms. The molecular weight excluding hydrogens is 254 g/mol. The second-order valence-corrected chi connectivity index (χ2v) is 6.09. The van der Waals surface area contributed by atoms with Crippen LogP contribution in [0.2, 0.25) is 0 Å². The Morgan fingerprint density at radius 3 is 2.74 bits per heavy atom. The number of hydrogen-bond donors (Lipinski definition) is 1. The molecule has 1 unspecified atom stereocenters. The quantitative estimate of drug-likeness (QED) is 0.850. The number of likely N-dealkylation sites (tertiary alicyclic amines) is 1. The fraction of sp³-hybridized carbons (Fsp3) is 0.533. The largest absolute Gasteiger partial charge is 0.389 e. The monoisotopic (exact) mass is 277 g/mol. The molecule has 1 heterocycles. The van der Waals surface area contributed by atoms with Crippen molar-refractivity contribution in [2.75, 3.05) is 27.2 Å². The third-order valence-corrected chi connectivity index (χ3v) is 4.23. The molecule has 1 aliphatic rings. The fourth-order valence-corrected chi connectivity index (χ4v) is 2.77. The minimum atomic E-state index is 0.475. The second-order valence-electron chi connectivity index (χ2n) is 5.65. The van der Waals surface area contributed by atoms with Gasteiger partial charge in [-0.15, -0.1) is 0 Å². The molecule has 2 rings (SSSR count). The average molecular weight is 277 g/mol. The van der Waals surface area contributed by atoms with Crippen molar-refractivity contribution >= 4 is 17.2 Å². The van der Waals surface area contributed by atoms with Gasteiger partial charge >= 0.3 is 0 Å². The summed E-state index contributed by atoms with van der Waals surface area (Å²) >= 11 is 5.01. The molecule has 104 valence electrons. The highest BCUT2D eigenvalue weighted by molar-refractivity contribution is 7.80. The Bertz CT molecular complexity index is 470. The molecule has 2 N–H and O–H groups in total. The Morgan fingerprint density at radius 2 is 2.21 bits per heavy atom. The molecule has 1 atom stereocenters. The van der Waals surface area contributed by atoms with E-state index in [0.717, 1.165) is 18.7 Å². The smallest absolute Gasteiger partial charge is 0.103 e. The molecule has 1 aliphatic heterocycles. The molecule has 1 aromatic rings. The van der Waals surface area contributed by atoms with Crippen LogP contribution in [0.25, 0.3) is 0 Å². The lowest BCUT2D eigenvalue weighted by Gasteiger charge is -2.21. The van der Waals surface area contributed by atoms with E-state index in [0.29, 0.717) is 11.0 Å². The van der Waals surface area contributed by atoms with Gasteiger partial charge in [0.05, 0.1) is 0 Å². The van der Waals surface area contributed by atoms with Gasteiger partial charge in [-0.1, -0.05) is 24.4 Å². The van der Waals surface area contributed by atoms with E-state index < -0.39 is 0 Å². The first-order chi connectivity index (χ1) is 8.97. The van der Waals surface area contributed by atoms with Crippen molar-refractivity contribution in [3.05, 3.63) is 34.9 Å². The van der Waals surface area contributed by atoms with Gasteiger partial charge in [0.15, 0.2) is 0 Å². The van der Waals surface area contributed by atoms with Crippen LogP contribution in [0, 0.1) is 6.92 Å². The van der Waals surface area contributed by atoms with E-state index >= 15 is 0 Å². The maximum atomic E-state index is 5.66. The average Bonchev–Trinajstić information content (AvgIpc) is 2.80. The summed E-state index contributed by atoms with van der Waals surface area (Å²) in [7, 11) is 4.33. The number of thiocarbonyl (C=S) groups is 1. The molecule has 0 bridgehead atoms. The summed E-state index contributed by atoms with van der Waals surface area (Å²) in [5.74, 6) is 0. The van der Waals surface area contributed by atoms with E-state index in [1.54, 1.807) is 0 Å². The highest BCUT2D eigenvalue weighted by Gasteiger charge is 2.23. The zero-order valence-electron chi connectivity index (χ0n) is 12.0. The van der Waals surface area contributed by atoms with Crippen LogP contribution >= 0.6 is 12.2 Å². The summed E-state index contributed by atoms with van der Waals surface area (Å²) in [6, 6.07) is 6.98. The topological polar surface area (TPSA) is 32.5 Å². The van der Waals surface area contributed by atoms with Crippen LogP contribution in [0.15, 0.2) is 18.2 Å². The Hall–Kier alpha value is -0.970. The van der Waals surface area contributed by atoms with Crippen LogP contribution in [0.4, 0.5) is 0 Å². The van der Waals surface area contributed by atoms with Crippen molar-refractivity contribution in [3.63, 3.8) is 0 Å². The van der Waals surface area contributed by atoms with Gasteiger partial charge in [-0.05, 0) is 44.6 Å². The van der Waals surface area contributed by atoms with Gasteiger partial charge in [0, 0.05) is 31.2 Å². The molecule has 0 saturated carbocycles. The van der Waals surface area contributed by atoms with E-state index in [-0.39, 0.29) is 0 Å². The second kappa shape index (κ2) is 5.99. The molecule has 0 aliphatic carbocycles. The van der Waals surface area contributed by atoms with Gasteiger partial charge in [-0.3, -0.25) is 4.90 Å². The predicted molar refractivity (Wildman–Crippen MR) is 84.4 cm³/mol. The van der Waals surface area contributed by atoms with E-state index in [4.69, 9.17) is 18.0 Å². The number of nitrogens with zero attached hydrogens (tertiary/aromatic N) is 2. The number of hydrogen-bond acceptors (Lipinski definition) is 3. The number of nitrogens with two attached hydrogens (primary N) is 1. The SMILES string of the molecule is Cc1cc(C(N)=S)ccc1CN1CCC(N(C)C)C1. The minimum absolute atomic E-state index is 0.475. The summed E-state index contributed by atoms with van der Waals surface area (Å²) in [4.78, 5) is 5.32. The van der Waals surface area contributed by atoms with Crippen LogP contribution in [0.1, 0.15) is 23.1 Å². The van der Waals surface area contributed by atoms with Crippen molar-refractivity contribution in [2.45, 2.75) is 25.9 Å². The van der Waals surface area contributed by atoms with Crippen LogP contribution in [-0.4, -0.2) is 48.0 Å². The molecule has 0 aromatic heterocycles. The van der Waals surface area contributed by atoms with Crippen LogP contribution < -0.4 is 5.73 Å². The van der Waals surface area contributed by atoms with E-state index in [1.165, 1.54) is 24.1 Å². The van der Waals surface area contributed by atoms with E-state index in [9.17, 15) is 0 Å². The molecule has 1 aromatic carbocycles. The summed E-state index contributed by atoms with van der Waals surface area (Å²) in [6.07, 6.45) is 1.26. The highest BCUT2D eigenvalue weighted by Crippen LogP contribution is 2.19. The molecule has 3 nitrogen and oxygen atoms in total.